The van der Waals surface area contributed by atoms with Gasteiger partial charge in [-0.05, 0) is 40.3 Å². The lowest BCUT2D eigenvalue weighted by atomic mass is 10.1. The van der Waals surface area contributed by atoms with Gasteiger partial charge in [-0.2, -0.15) is 13.2 Å². The van der Waals surface area contributed by atoms with Crippen LogP contribution >= 0.6 is 22.6 Å². The highest BCUT2D eigenvalue weighted by molar-refractivity contribution is 14.1. The number of carbonyl (C=O) groups is 1. The first kappa shape index (κ1) is 10.7. The van der Waals surface area contributed by atoms with Crippen molar-refractivity contribution in [3.8, 4) is 0 Å². The van der Waals surface area contributed by atoms with E-state index in [-0.39, 0.29) is 12.1 Å². The lowest BCUT2D eigenvalue weighted by molar-refractivity contribution is -0.137. The second-order valence-electron chi connectivity index (χ2n) is 3.21. The first-order chi connectivity index (χ1) is 6.88. The quantitative estimate of drug-likeness (QED) is 0.730. The number of benzene rings is 1. The molecule has 0 aliphatic carbocycles. The first-order valence-electron chi connectivity index (χ1n) is 4.07. The molecule has 1 amide bonds. The summed E-state index contributed by atoms with van der Waals surface area (Å²) in [6.45, 7) is 0. The lowest BCUT2D eigenvalue weighted by Gasteiger charge is -2.12. The topological polar surface area (TPSA) is 29.1 Å². The number of halogens is 4. The fraction of sp³-hybridized carbons (Fsp3) is 0.222. The molecule has 0 unspecified atom stereocenters. The molecule has 0 radical (unpaired) electrons. The van der Waals surface area contributed by atoms with Crippen LogP contribution in [0.4, 0.5) is 18.9 Å². The number of alkyl halides is 3. The number of rotatable bonds is 0. The standard InChI is InChI=1S/C9H5F3INO/c10-9(11,12)6-3-5(13)1-4-2-7(15)14-8(4)6/h1,3H,2H2,(H,14,15). The van der Waals surface area contributed by atoms with Gasteiger partial charge in [-0.15, -0.1) is 0 Å². The van der Waals surface area contributed by atoms with Gasteiger partial charge in [-0.1, -0.05) is 0 Å². The van der Waals surface area contributed by atoms with Crippen molar-refractivity contribution >= 4 is 34.2 Å². The smallest absolute Gasteiger partial charge is 0.325 e. The van der Waals surface area contributed by atoms with E-state index in [1.807, 2.05) is 0 Å². The summed E-state index contributed by atoms with van der Waals surface area (Å²) in [6, 6.07) is 2.62. The molecule has 0 fully saturated rings. The van der Waals surface area contributed by atoms with E-state index in [9.17, 15) is 18.0 Å². The summed E-state index contributed by atoms with van der Waals surface area (Å²) in [5.74, 6) is -0.391. The second-order valence-corrected chi connectivity index (χ2v) is 4.46. The van der Waals surface area contributed by atoms with Crippen molar-refractivity contribution in [1.29, 1.82) is 0 Å². The van der Waals surface area contributed by atoms with Crippen molar-refractivity contribution in [2.75, 3.05) is 5.32 Å². The van der Waals surface area contributed by atoms with Crippen LogP contribution in [0.15, 0.2) is 12.1 Å². The number of hydrogen-bond acceptors (Lipinski definition) is 1. The molecule has 15 heavy (non-hydrogen) atoms. The third-order valence-electron chi connectivity index (χ3n) is 2.11. The van der Waals surface area contributed by atoms with Gasteiger partial charge in [0.25, 0.3) is 0 Å². The van der Waals surface area contributed by atoms with E-state index in [1.54, 1.807) is 28.7 Å². The molecule has 6 heteroatoms. The molecule has 2 nitrogen and oxygen atoms in total. The van der Waals surface area contributed by atoms with Crippen LogP contribution in [0.5, 0.6) is 0 Å². The van der Waals surface area contributed by atoms with Gasteiger partial charge in [0.15, 0.2) is 0 Å². The van der Waals surface area contributed by atoms with E-state index in [1.165, 1.54) is 0 Å². The van der Waals surface area contributed by atoms with Crippen molar-refractivity contribution in [2.45, 2.75) is 12.6 Å². The molecule has 0 saturated carbocycles. The van der Waals surface area contributed by atoms with Gasteiger partial charge < -0.3 is 5.32 Å². The van der Waals surface area contributed by atoms with Crippen molar-refractivity contribution in [2.24, 2.45) is 0 Å². The number of hydrogen-bond donors (Lipinski definition) is 1. The van der Waals surface area contributed by atoms with Crippen LogP contribution < -0.4 is 5.32 Å². The van der Waals surface area contributed by atoms with Gasteiger partial charge in [-0.25, -0.2) is 0 Å². The van der Waals surface area contributed by atoms with Crippen LogP contribution in [-0.4, -0.2) is 5.91 Å². The van der Waals surface area contributed by atoms with E-state index in [0.29, 0.717) is 9.13 Å². The molecule has 0 spiro atoms. The van der Waals surface area contributed by atoms with Gasteiger partial charge in [0.05, 0.1) is 17.7 Å². The maximum absolute atomic E-state index is 12.6. The molecule has 0 atom stereocenters. The molecular formula is C9H5F3INO. The molecule has 1 N–H and O–H groups in total. The third-order valence-corrected chi connectivity index (χ3v) is 2.73. The monoisotopic (exact) mass is 327 g/mol. The van der Waals surface area contributed by atoms with Crippen LogP contribution in [0.25, 0.3) is 0 Å². The molecular weight excluding hydrogens is 322 g/mol. The van der Waals surface area contributed by atoms with Gasteiger partial charge in [-0.3, -0.25) is 4.79 Å². The Labute approximate surface area is 97.0 Å². The van der Waals surface area contributed by atoms with Crippen molar-refractivity contribution in [3.63, 3.8) is 0 Å². The van der Waals surface area contributed by atoms with Gasteiger partial charge in [0, 0.05) is 3.57 Å². The Balaban J connectivity index is 2.62. The normalized spacial score (nSPS) is 15.1. The minimum atomic E-state index is -4.43. The van der Waals surface area contributed by atoms with Crippen molar-refractivity contribution < 1.29 is 18.0 Å². The van der Waals surface area contributed by atoms with Crippen molar-refractivity contribution in [3.05, 3.63) is 26.8 Å². The zero-order valence-corrected chi connectivity index (χ0v) is 9.44. The second kappa shape index (κ2) is 3.36. The minimum absolute atomic E-state index is 0.0231. The van der Waals surface area contributed by atoms with Crippen molar-refractivity contribution in [1.82, 2.24) is 0 Å². The van der Waals surface area contributed by atoms with Gasteiger partial charge in [0.2, 0.25) is 5.91 Å². The van der Waals surface area contributed by atoms with E-state index in [0.717, 1.165) is 6.07 Å². The van der Waals surface area contributed by atoms with Crippen LogP contribution in [0.3, 0.4) is 0 Å². The van der Waals surface area contributed by atoms with Gasteiger partial charge in [0.1, 0.15) is 0 Å². The largest absolute Gasteiger partial charge is 0.418 e. The van der Waals surface area contributed by atoms with Crippen LogP contribution in [0.1, 0.15) is 11.1 Å². The lowest BCUT2D eigenvalue weighted by Crippen LogP contribution is -2.11. The number of anilines is 1. The Kier molecular flexibility index (Phi) is 2.40. The van der Waals surface area contributed by atoms with E-state index in [4.69, 9.17) is 0 Å². The zero-order valence-electron chi connectivity index (χ0n) is 7.28. The summed E-state index contributed by atoms with van der Waals surface area (Å²) in [5.41, 5.74) is -0.442. The highest BCUT2D eigenvalue weighted by Crippen LogP contribution is 2.40. The fourth-order valence-corrected chi connectivity index (χ4v) is 2.22. The Morgan fingerprint density at radius 3 is 2.60 bits per heavy atom. The molecule has 2 rings (SSSR count). The van der Waals surface area contributed by atoms with E-state index >= 15 is 0 Å². The molecule has 80 valence electrons. The Hall–Kier alpha value is -0.790. The third kappa shape index (κ3) is 1.95. The number of fused-ring (bicyclic) bond motifs is 1. The van der Waals surface area contributed by atoms with Crippen LogP contribution in [-0.2, 0) is 17.4 Å². The van der Waals surface area contributed by atoms with E-state index in [2.05, 4.69) is 5.32 Å². The Morgan fingerprint density at radius 2 is 2.00 bits per heavy atom. The zero-order chi connectivity index (χ0) is 11.2. The van der Waals surface area contributed by atoms with E-state index < -0.39 is 17.6 Å². The molecule has 0 aromatic heterocycles. The Bertz CT molecular complexity index is 442. The fourth-order valence-electron chi connectivity index (χ4n) is 1.53. The summed E-state index contributed by atoms with van der Waals surface area (Å²) in [4.78, 5) is 11.0. The summed E-state index contributed by atoms with van der Waals surface area (Å²) in [6.07, 6.45) is -4.40. The molecule has 1 aliphatic heterocycles. The highest BCUT2D eigenvalue weighted by atomic mass is 127. The average molecular weight is 327 g/mol. The molecule has 1 aromatic rings. The minimum Gasteiger partial charge on any atom is -0.325 e. The van der Waals surface area contributed by atoms with Gasteiger partial charge >= 0.3 is 6.18 Å². The summed E-state index contributed by atoms with van der Waals surface area (Å²) in [5, 5.41) is 2.24. The number of amides is 1. The Morgan fingerprint density at radius 1 is 1.33 bits per heavy atom. The number of carbonyl (C=O) groups excluding carboxylic acids is 1. The predicted octanol–water partition coefficient (Wildman–Crippen LogP) is 2.80. The number of nitrogens with one attached hydrogen (secondary N) is 1. The summed E-state index contributed by atoms with van der Waals surface area (Å²) in [7, 11) is 0. The SMILES string of the molecule is O=C1Cc2cc(I)cc(C(F)(F)F)c2N1. The average Bonchev–Trinajstić information content (AvgIpc) is 2.41. The summed E-state index contributed by atoms with van der Waals surface area (Å²) < 4.78 is 38.3. The maximum atomic E-state index is 12.6. The van der Waals surface area contributed by atoms with Crippen LogP contribution in [0, 0.1) is 3.57 Å². The molecule has 1 aliphatic rings. The molecule has 1 aromatic carbocycles. The predicted molar refractivity (Wildman–Crippen MR) is 56.5 cm³/mol. The molecule has 0 saturated heterocycles. The van der Waals surface area contributed by atoms with Crippen LogP contribution in [0.2, 0.25) is 0 Å². The first-order valence-corrected chi connectivity index (χ1v) is 5.15. The molecule has 1 heterocycles. The molecule has 0 bridgehead atoms. The maximum Gasteiger partial charge on any atom is 0.418 e. The summed E-state index contributed by atoms with van der Waals surface area (Å²) >= 11 is 1.81. The highest BCUT2D eigenvalue weighted by Gasteiger charge is 2.37.